The Labute approximate surface area is 115 Å². The van der Waals surface area contributed by atoms with Crippen LogP contribution in [0, 0.1) is 19.3 Å². The normalized spacial score (nSPS) is 13.7. The van der Waals surface area contributed by atoms with Crippen LogP contribution < -0.4 is 4.80 Å². The molecule has 0 radical (unpaired) electrons. The van der Waals surface area contributed by atoms with Gasteiger partial charge in [0.25, 0.3) is 0 Å². The van der Waals surface area contributed by atoms with Crippen molar-refractivity contribution in [2.24, 2.45) is 17.5 Å². The molecule has 0 N–H and O–H groups in total. The zero-order chi connectivity index (χ0) is 13.9. The number of hydrogen-bond acceptors (Lipinski definition) is 3. The molecule has 104 valence electrons. The molecule has 18 heavy (non-hydrogen) atoms. The van der Waals surface area contributed by atoms with Gasteiger partial charge in [0.15, 0.2) is 4.80 Å². The highest BCUT2D eigenvalue weighted by Gasteiger charge is 2.18. The van der Waals surface area contributed by atoms with E-state index in [9.17, 15) is 0 Å². The van der Waals surface area contributed by atoms with E-state index < -0.39 is 0 Å². The summed E-state index contributed by atoms with van der Waals surface area (Å²) in [6.07, 6.45) is 1.13. The van der Waals surface area contributed by atoms with Gasteiger partial charge in [0, 0.05) is 30.7 Å². The summed E-state index contributed by atoms with van der Waals surface area (Å²) in [5.41, 5.74) is 1.65. The molecule has 0 amide bonds. The monoisotopic (exact) mass is 269 g/mol. The van der Waals surface area contributed by atoms with Crippen LogP contribution in [0.25, 0.3) is 0 Å². The van der Waals surface area contributed by atoms with E-state index in [0.29, 0.717) is 5.41 Å². The highest BCUT2D eigenvalue weighted by Crippen LogP contribution is 2.20. The zero-order valence-corrected chi connectivity index (χ0v) is 13.7. The van der Waals surface area contributed by atoms with Gasteiger partial charge in [-0.05, 0) is 39.8 Å². The van der Waals surface area contributed by atoms with Crippen molar-refractivity contribution in [1.82, 2.24) is 9.47 Å². The first-order valence-corrected chi connectivity index (χ1v) is 7.33. The van der Waals surface area contributed by atoms with Crippen LogP contribution in [0.3, 0.4) is 0 Å². The lowest BCUT2D eigenvalue weighted by Crippen LogP contribution is -2.29. The molecule has 0 saturated heterocycles. The average Bonchev–Trinajstić information content (AvgIpc) is 2.44. The molecule has 1 heterocycles. The SMILES string of the molecule is Cc1sc(=NCCC(C)(C)CN(C)C)n(C)c1C. The van der Waals surface area contributed by atoms with Crippen LogP contribution in [0.1, 0.15) is 30.8 Å². The van der Waals surface area contributed by atoms with Crippen LogP contribution in [-0.4, -0.2) is 36.7 Å². The fourth-order valence-corrected chi connectivity index (χ4v) is 3.17. The second-order valence-electron chi connectivity index (χ2n) is 6.12. The standard InChI is InChI=1S/C14H27N3S/c1-11-12(2)18-13(17(11)7)15-9-8-14(3,4)10-16(5)6/h8-10H2,1-7H3. The van der Waals surface area contributed by atoms with Gasteiger partial charge in [-0.3, -0.25) is 4.99 Å². The Kier molecular flexibility index (Phi) is 5.17. The summed E-state index contributed by atoms with van der Waals surface area (Å²) in [4.78, 5) is 9.50. The molecule has 0 aliphatic carbocycles. The fraction of sp³-hybridized carbons (Fsp3) is 0.786. The number of hydrogen-bond donors (Lipinski definition) is 0. The van der Waals surface area contributed by atoms with E-state index in [1.54, 1.807) is 11.3 Å². The Balaban J connectivity index is 2.67. The van der Waals surface area contributed by atoms with E-state index in [1.165, 1.54) is 10.6 Å². The summed E-state index contributed by atoms with van der Waals surface area (Å²) in [7, 11) is 6.36. The largest absolute Gasteiger partial charge is 0.324 e. The van der Waals surface area contributed by atoms with E-state index >= 15 is 0 Å². The molecule has 0 saturated carbocycles. The summed E-state index contributed by atoms with van der Waals surface area (Å²) in [5.74, 6) is 0. The molecule has 0 unspecified atom stereocenters. The Morgan fingerprint density at radius 2 is 1.89 bits per heavy atom. The molecule has 1 aromatic rings. The third-order valence-corrected chi connectivity index (χ3v) is 4.51. The molecule has 0 spiro atoms. The third-order valence-electron chi connectivity index (χ3n) is 3.32. The second-order valence-corrected chi connectivity index (χ2v) is 7.30. The van der Waals surface area contributed by atoms with Gasteiger partial charge in [-0.15, -0.1) is 11.3 Å². The number of nitrogens with zero attached hydrogens (tertiary/aromatic N) is 3. The Morgan fingerprint density at radius 1 is 1.28 bits per heavy atom. The summed E-state index contributed by atoms with van der Waals surface area (Å²) >= 11 is 1.79. The molecule has 1 aromatic heterocycles. The molecule has 0 bridgehead atoms. The van der Waals surface area contributed by atoms with Crippen molar-refractivity contribution < 1.29 is 0 Å². The molecular formula is C14H27N3S. The van der Waals surface area contributed by atoms with Crippen LogP contribution in [-0.2, 0) is 7.05 Å². The first-order chi connectivity index (χ1) is 8.23. The van der Waals surface area contributed by atoms with Gasteiger partial charge in [-0.2, -0.15) is 0 Å². The maximum Gasteiger partial charge on any atom is 0.184 e. The summed E-state index contributed by atoms with van der Waals surface area (Å²) < 4.78 is 2.19. The molecule has 0 fully saturated rings. The predicted octanol–water partition coefficient (Wildman–Crippen LogP) is 2.58. The molecular weight excluding hydrogens is 242 g/mol. The molecule has 4 heteroatoms. The zero-order valence-electron chi connectivity index (χ0n) is 12.9. The van der Waals surface area contributed by atoms with Crippen molar-refractivity contribution >= 4 is 11.3 Å². The van der Waals surface area contributed by atoms with Gasteiger partial charge < -0.3 is 9.47 Å². The molecule has 1 rings (SSSR count). The van der Waals surface area contributed by atoms with Crippen molar-refractivity contribution in [3.8, 4) is 0 Å². The minimum absolute atomic E-state index is 0.326. The maximum atomic E-state index is 4.74. The van der Waals surface area contributed by atoms with E-state index in [1.807, 2.05) is 0 Å². The Bertz CT molecular complexity index is 452. The van der Waals surface area contributed by atoms with Crippen LogP contribution >= 0.6 is 11.3 Å². The maximum absolute atomic E-state index is 4.74. The van der Waals surface area contributed by atoms with Crippen molar-refractivity contribution in [2.75, 3.05) is 27.2 Å². The summed E-state index contributed by atoms with van der Waals surface area (Å²) in [6.45, 7) is 11.0. The summed E-state index contributed by atoms with van der Waals surface area (Å²) in [5, 5.41) is 0. The minimum Gasteiger partial charge on any atom is -0.324 e. The molecule has 0 aliphatic rings. The van der Waals surface area contributed by atoms with Gasteiger partial charge in [0.05, 0.1) is 0 Å². The van der Waals surface area contributed by atoms with Gasteiger partial charge in [0.1, 0.15) is 0 Å². The number of rotatable bonds is 5. The lowest BCUT2D eigenvalue weighted by molar-refractivity contribution is 0.229. The average molecular weight is 269 g/mol. The van der Waals surface area contributed by atoms with Crippen LogP contribution in [0.2, 0.25) is 0 Å². The van der Waals surface area contributed by atoms with Crippen LogP contribution in [0.4, 0.5) is 0 Å². The van der Waals surface area contributed by atoms with Crippen LogP contribution in [0.15, 0.2) is 4.99 Å². The number of aryl methyl sites for hydroxylation is 1. The topological polar surface area (TPSA) is 20.5 Å². The Morgan fingerprint density at radius 3 is 2.33 bits per heavy atom. The molecule has 3 nitrogen and oxygen atoms in total. The van der Waals surface area contributed by atoms with Gasteiger partial charge >= 0.3 is 0 Å². The molecule has 0 aromatic carbocycles. The smallest absolute Gasteiger partial charge is 0.184 e. The predicted molar refractivity (Wildman–Crippen MR) is 80.1 cm³/mol. The van der Waals surface area contributed by atoms with E-state index in [4.69, 9.17) is 4.99 Å². The lowest BCUT2D eigenvalue weighted by Gasteiger charge is -2.27. The Hall–Kier alpha value is -0.610. The fourth-order valence-electron chi connectivity index (χ4n) is 2.19. The molecule has 0 aliphatic heterocycles. The number of aromatic nitrogens is 1. The second kappa shape index (κ2) is 6.02. The highest BCUT2D eigenvalue weighted by atomic mass is 32.1. The van der Waals surface area contributed by atoms with Crippen molar-refractivity contribution in [1.29, 1.82) is 0 Å². The van der Waals surface area contributed by atoms with Crippen LogP contribution in [0.5, 0.6) is 0 Å². The van der Waals surface area contributed by atoms with Gasteiger partial charge in [0.2, 0.25) is 0 Å². The van der Waals surface area contributed by atoms with Crippen molar-refractivity contribution in [3.05, 3.63) is 15.4 Å². The van der Waals surface area contributed by atoms with E-state index in [2.05, 4.69) is 58.3 Å². The third kappa shape index (κ3) is 4.25. The first kappa shape index (κ1) is 15.4. The number of thiazole rings is 1. The minimum atomic E-state index is 0.326. The quantitative estimate of drug-likeness (QED) is 0.804. The van der Waals surface area contributed by atoms with Gasteiger partial charge in [-0.25, -0.2) is 0 Å². The van der Waals surface area contributed by atoms with Crippen molar-refractivity contribution in [2.45, 2.75) is 34.1 Å². The lowest BCUT2D eigenvalue weighted by atomic mass is 9.89. The van der Waals surface area contributed by atoms with Crippen molar-refractivity contribution in [3.63, 3.8) is 0 Å². The first-order valence-electron chi connectivity index (χ1n) is 6.51. The van der Waals surface area contributed by atoms with E-state index in [-0.39, 0.29) is 0 Å². The summed E-state index contributed by atoms with van der Waals surface area (Å²) in [6, 6.07) is 0. The van der Waals surface area contributed by atoms with E-state index in [0.717, 1.165) is 24.3 Å². The van der Waals surface area contributed by atoms with Gasteiger partial charge in [-0.1, -0.05) is 13.8 Å². The molecule has 0 atom stereocenters. The highest BCUT2D eigenvalue weighted by molar-refractivity contribution is 7.09.